The molecular weight excluding hydrogens is 176 g/mol. The van der Waals surface area contributed by atoms with Crippen molar-refractivity contribution in [3.05, 3.63) is 29.6 Å². The number of pyridine rings is 1. The summed E-state index contributed by atoms with van der Waals surface area (Å²) in [5.74, 6) is 0.0208. The Morgan fingerprint density at radius 2 is 2.07 bits per heavy atom. The number of amides is 1. The van der Waals surface area contributed by atoms with Crippen LogP contribution >= 0.6 is 0 Å². The highest BCUT2D eigenvalue weighted by Crippen LogP contribution is 2.05. The summed E-state index contributed by atoms with van der Waals surface area (Å²) in [6.07, 6.45) is 1.62. The fourth-order valence-electron chi connectivity index (χ4n) is 1.03. The van der Waals surface area contributed by atoms with Crippen LogP contribution in [0.1, 0.15) is 29.9 Å². The third-order valence-electron chi connectivity index (χ3n) is 2.25. The highest BCUT2D eigenvalue weighted by Gasteiger charge is 2.13. The molecule has 1 amide bonds. The van der Waals surface area contributed by atoms with Gasteiger partial charge in [-0.2, -0.15) is 0 Å². The van der Waals surface area contributed by atoms with Crippen LogP contribution in [-0.2, 0) is 0 Å². The number of carbonyl (C=O) groups excluding carboxylic acids is 1. The second kappa shape index (κ2) is 4.22. The molecule has 0 bridgehead atoms. The lowest BCUT2D eigenvalue weighted by Crippen LogP contribution is -2.33. The molecule has 3 heteroatoms. The molecule has 76 valence electrons. The molecule has 0 saturated heterocycles. The minimum absolute atomic E-state index is 0.0208. The van der Waals surface area contributed by atoms with Crippen molar-refractivity contribution in [2.24, 2.45) is 0 Å². The summed E-state index contributed by atoms with van der Waals surface area (Å²) in [7, 11) is 1.80. The van der Waals surface area contributed by atoms with Crippen LogP contribution in [0.2, 0.25) is 0 Å². The lowest BCUT2D eigenvalue weighted by molar-refractivity contribution is 0.0754. The second-order valence-corrected chi connectivity index (χ2v) is 3.70. The topological polar surface area (TPSA) is 33.2 Å². The van der Waals surface area contributed by atoms with Crippen molar-refractivity contribution in [1.29, 1.82) is 0 Å². The van der Waals surface area contributed by atoms with Crippen molar-refractivity contribution in [3.63, 3.8) is 0 Å². The van der Waals surface area contributed by atoms with Gasteiger partial charge < -0.3 is 4.90 Å². The number of hydrogen-bond donors (Lipinski definition) is 0. The van der Waals surface area contributed by atoms with Gasteiger partial charge in [0.05, 0.1) is 5.56 Å². The lowest BCUT2D eigenvalue weighted by atomic mass is 10.2. The van der Waals surface area contributed by atoms with Crippen molar-refractivity contribution in [2.45, 2.75) is 26.8 Å². The molecule has 1 rings (SSSR count). The summed E-state index contributed by atoms with van der Waals surface area (Å²) in [6, 6.07) is 3.87. The molecule has 0 saturated carbocycles. The van der Waals surface area contributed by atoms with Gasteiger partial charge in [-0.3, -0.25) is 9.78 Å². The van der Waals surface area contributed by atoms with Crippen molar-refractivity contribution in [3.8, 4) is 0 Å². The highest BCUT2D eigenvalue weighted by molar-refractivity contribution is 5.93. The van der Waals surface area contributed by atoms with Crippen LogP contribution in [0.4, 0.5) is 0 Å². The van der Waals surface area contributed by atoms with Gasteiger partial charge in [0.1, 0.15) is 0 Å². The van der Waals surface area contributed by atoms with E-state index in [4.69, 9.17) is 0 Å². The molecular formula is C11H16N2O. The fourth-order valence-corrected chi connectivity index (χ4v) is 1.03. The summed E-state index contributed by atoms with van der Waals surface area (Å²) in [6.45, 7) is 5.87. The van der Waals surface area contributed by atoms with E-state index in [1.807, 2.05) is 32.9 Å². The van der Waals surface area contributed by atoms with E-state index in [9.17, 15) is 4.79 Å². The first-order chi connectivity index (χ1) is 6.52. The maximum absolute atomic E-state index is 11.8. The molecule has 0 fully saturated rings. The van der Waals surface area contributed by atoms with E-state index in [-0.39, 0.29) is 11.9 Å². The molecule has 0 aliphatic heterocycles. The second-order valence-electron chi connectivity index (χ2n) is 3.70. The summed E-state index contributed by atoms with van der Waals surface area (Å²) in [5.41, 5.74) is 1.57. The zero-order valence-electron chi connectivity index (χ0n) is 9.11. The summed E-state index contributed by atoms with van der Waals surface area (Å²) in [5, 5.41) is 0. The van der Waals surface area contributed by atoms with Gasteiger partial charge in [-0.15, -0.1) is 0 Å². The normalized spacial score (nSPS) is 10.4. The number of carbonyl (C=O) groups is 1. The van der Waals surface area contributed by atoms with Crippen molar-refractivity contribution in [1.82, 2.24) is 9.88 Å². The molecule has 0 atom stereocenters. The Bertz CT molecular complexity index is 317. The first-order valence-electron chi connectivity index (χ1n) is 4.72. The van der Waals surface area contributed by atoms with Crippen LogP contribution in [0.3, 0.4) is 0 Å². The zero-order chi connectivity index (χ0) is 10.7. The van der Waals surface area contributed by atoms with Gasteiger partial charge in [-0.1, -0.05) is 0 Å². The van der Waals surface area contributed by atoms with Crippen molar-refractivity contribution in [2.75, 3.05) is 7.05 Å². The monoisotopic (exact) mass is 192 g/mol. The van der Waals surface area contributed by atoms with Crippen LogP contribution < -0.4 is 0 Å². The smallest absolute Gasteiger partial charge is 0.255 e. The predicted octanol–water partition coefficient (Wildman–Crippen LogP) is 1.87. The maximum Gasteiger partial charge on any atom is 0.255 e. The molecule has 0 aromatic carbocycles. The Kier molecular flexibility index (Phi) is 3.23. The van der Waals surface area contributed by atoms with Crippen molar-refractivity contribution >= 4 is 5.91 Å². The third kappa shape index (κ3) is 2.31. The van der Waals surface area contributed by atoms with Gasteiger partial charge in [0.2, 0.25) is 0 Å². The third-order valence-corrected chi connectivity index (χ3v) is 2.25. The van der Waals surface area contributed by atoms with E-state index < -0.39 is 0 Å². The average Bonchev–Trinajstić information content (AvgIpc) is 2.16. The van der Waals surface area contributed by atoms with E-state index in [0.29, 0.717) is 5.56 Å². The van der Waals surface area contributed by atoms with Gasteiger partial charge in [-0.05, 0) is 32.9 Å². The summed E-state index contributed by atoms with van der Waals surface area (Å²) >= 11 is 0. The number of aryl methyl sites for hydroxylation is 1. The highest BCUT2D eigenvalue weighted by atomic mass is 16.2. The SMILES string of the molecule is Cc1ccc(C(=O)N(C)C(C)C)cn1. The van der Waals surface area contributed by atoms with Crippen LogP contribution in [0.15, 0.2) is 18.3 Å². The van der Waals surface area contributed by atoms with E-state index in [1.54, 1.807) is 18.1 Å². The molecule has 0 aliphatic carbocycles. The van der Waals surface area contributed by atoms with Gasteiger partial charge >= 0.3 is 0 Å². The quantitative estimate of drug-likeness (QED) is 0.716. The molecule has 3 nitrogen and oxygen atoms in total. The van der Waals surface area contributed by atoms with Gasteiger partial charge in [0.15, 0.2) is 0 Å². The Hall–Kier alpha value is -1.38. The predicted molar refractivity (Wildman–Crippen MR) is 56.2 cm³/mol. The number of aromatic nitrogens is 1. The molecule has 1 aromatic rings. The van der Waals surface area contributed by atoms with Crippen molar-refractivity contribution < 1.29 is 4.79 Å². The zero-order valence-corrected chi connectivity index (χ0v) is 9.11. The van der Waals surface area contributed by atoms with Crippen LogP contribution in [0.5, 0.6) is 0 Å². The first kappa shape index (κ1) is 10.7. The summed E-state index contributed by atoms with van der Waals surface area (Å²) in [4.78, 5) is 17.6. The van der Waals surface area contributed by atoms with Gasteiger partial charge in [-0.25, -0.2) is 0 Å². The molecule has 14 heavy (non-hydrogen) atoms. The van der Waals surface area contributed by atoms with Crippen LogP contribution in [-0.4, -0.2) is 28.9 Å². The van der Waals surface area contributed by atoms with E-state index in [0.717, 1.165) is 5.69 Å². The Morgan fingerprint density at radius 1 is 1.43 bits per heavy atom. The van der Waals surface area contributed by atoms with E-state index in [2.05, 4.69) is 4.98 Å². The molecule has 0 N–H and O–H groups in total. The minimum Gasteiger partial charge on any atom is -0.339 e. The maximum atomic E-state index is 11.8. The molecule has 1 heterocycles. The number of nitrogens with zero attached hydrogens (tertiary/aromatic N) is 2. The Morgan fingerprint density at radius 3 is 2.50 bits per heavy atom. The minimum atomic E-state index is 0.0208. The Labute approximate surface area is 84.8 Å². The number of rotatable bonds is 2. The van der Waals surface area contributed by atoms with Gasteiger partial charge in [0.25, 0.3) is 5.91 Å². The summed E-state index contributed by atoms with van der Waals surface area (Å²) < 4.78 is 0. The molecule has 0 aliphatic rings. The molecule has 0 unspecified atom stereocenters. The van der Waals surface area contributed by atoms with Crippen LogP contribution in [0, 0.1) is 6.92 Å². The average molecular weight is 192 g/mol. The molecule has 0 spiro atoms. The largest absolute Gasteiger partial charge is 0.339 e. The van der Waals surface area contributed by atoms with Gasteiger partial charge in [0, 0.05) is 25.0 Å². The standard InChI is InChI=1S/C11H16N2O/c1-8(2)13(4)11(14)10-6-5-9(3)12-7-10/h5-8H,1-4H3. The van der Waals surface area contributed by atoms with E-state index >= 15 is 0 Å². The number of hydrogen-bond acceptors (Lipinski definition) is 2. The lowest BCUT2D eigenvalue weighted by Gasteiger charge is -2.21. The Balaban J connectivity index is 2.84. The molecule has 0 radical (unpaired) electrons. The molecule has 1 aromatic heterocycles. The van der Waals surface area contributed by atoms with Crippen LogP contribution in [0.25, 0.3) is 0 Å². The fraction of sp³-hybridized carbons (Fsp3) is 0.455. The first-order valence-corrected chi connectivity index (χ1v) is 4.72. The van der Waals surface area contributed by atoms with E-state index in [1.165, 1.54) is 0 Å².